The van der Waals surface area contributed by atoms with Crippen molar-refractivity contribution in [3.63, 3.8) is 0 Å². The van der Waals surface area contributed by atoms with Crippen molar-refractivity contribution in [2.75, 3.05) is 9.80 Å². The van der Waals surface area contributed by atoms with Gasteiger partial charge in [0.15, 0.2) is 0 Å². The number of benzene rings is 5. The van der Waals surface area contributed by atoms with Crippen molar-refractivity contribution in [3.05, 3.63) is 142 Å². The minimum atomic E-state index is -0.00633. The van der Waals surface area contributed by atoms with Gasteiger partial charge in [0.1, 0.15) is 0 Å². The van der Waals surface area contributed by atoms with Gasteiger partial charge in [0, 0.05) is 37.6 Å². The van der Waals surface area contributed by atoms with Crippen molar-refractivity contribution >= 4 is 72.3 Å². The first-order valence-electron chi connectivity index (χ1n) is 25.9. The molecule has 4 heteroatoms. The van der Waals surface area contributed by atoms with E-state index in [-0.39, 0.29) is 45.2 Å². The molecular weight excluding hydrogens is 840 g/mol. The van der Waals surface area contributed by atoms with Crippen molar-refractivity contribution < 1.29 is 0 Å². The Bertz CT molecular complexity index is 3150. The van der Waals surface area contributed by atoms with Crippen molar-refractivity contribution in [1.82, 2.24) is 0 Å². The fourth-order valence-corrected chi connectivity index (χ4v) is 14.4. The molecule has 350 valence electrons. The van der Waals surface area contributed by atoms with E-state index in [9.17, 15) is 0 Å². The molecule has 0 saturated heterocycles. The van der Waals surface area contributed by atoms with Crippen LogP contribution in [0.15, 0.2) is 108 Å². The number of thiophene rings is 1. The SMILES string of the molecule is Cc1cc2c3c(c1)N(C1C=CC4=C(C1)C(C)(C)CCC4(C)C)c1c(sc4ccc(-c5ccc(C(C)(C)C)cc5)cc14)B3c1cc(C(C)(C)C)ccc1N2c1cc2c(cc1C)C(C)(C)CCC2(C)C. The first kappa shape index (κ1) is 45.6. The molecule has 5 aromatic carbocycles. The van der Waals surface area contributed by atoms with Gasteiger partial charge in [0.05, 0.1) is 11.7 Å². The summed E-state index contributed by atoms with van der Waals surface area (Å²) in [4.78, 5) is 5.56. The molecule has 0 bridgehead atoms. The Hall–Kier alpha value is -4.80. The van der Waals surface area contributed by atoms with Crippen LogP contribution in [0.25, 0.3) is 21.2 Å². The van der Waals surface area contributed by atoms with Crippen LogP contribution in [0.2, 0.25) is 0 Å². The normalized spacial score (nSPS) is 20.8. The maximum Gasteiger partial charge on any atom is 0.264 e. The molecule has 2 nitrogen and oxygen atoms in total. The molecule has 11 rings (SSSR count). The molecule has 0 spiro atoms. The summed E-state index contributed by atoms with van der Waals surface area (Å²) in [7, 11) is 0. The summed E-state index contributed by atoms with van der Waals surface area (Å²) in [5, 5.41) is 1.37. The Labute approximate surface area is 414 Å². The second kappa shape index (κ2) is 14.9. The van der Waals surface area contributed by atoms with Crippen LogP contribution in [0, 0.1) is 24.7 Å². The highest BCUT2D eigenvalue weighted by atomic mass is 32.1. The van der Waals surface area contributed by atoms with Gasteiger partial charge in [-0.15, -0.1) is 11.3 Å². The van der Waals surface area contributed by atoms with Crippen LogP contribution in [0.1, 0.15) is 162 Å². The van der Waals surface area contributed by atoms with Gasteiger partial charge < -0.3 is 9.80 Å². The monoisotopic (exact) mass is 915 g/mol. The van der Waals surface area contributed by atoms with Gasteiger partial charge in [0.2, 0.25) is 0 Å². The van der Waals surface area contributed by atoms with Crippen LogP contribution >= 0.6 is 11.3 Å². The quantitative estimate of drug-likeness (QED) is 0.163. The molecule has 1 aromatic heterocycles. The van der Waals surface area contributed by atoms with Crippen molar-refractivity contribution in [2.45, 2.75) is 171 Å². The number of hydrogen-bond acceptors (Lipinski definition) is 3. The molecule has 5 aliphatic rings. The van der Waals surface area contributed by atoms with Crippen LogP contribution in [-0.4, -0.2) is 12.8 Å². The number of anilines is 5. The molecule has 6 aromatic rings. The second-order valence-electron chi connectivity index (χ2n) is 26.5. The van der Waals surface area contributed by atoms with E-state index in [1.54, 1.807) is 11.1 Å². The minimum Gasteiger partial charge on any atom is -0.334 e. The van der Waals surface area contributed by atoms with E-state index in [4.69, 9.17) is 0 Å². The van der Waals surface area contributed by atoms with Gasteiger partial charge in [-0.3, -0.25) is 0 Å². The van der Waals surface area contributed by atoms with E-state index < -0.39 is 0 Å². The molecule has 1 unspecified atom stereocenters. The number of hydrogen-bond donors (Lipinski definition) is 0. The van der Waals surface area contributed by atoms with Crippen molar-refractivity contribution in [3.8, 4) is 11.1 Å². The average molecular weight is 915 g/mol. The van der Waals surface area contributed by atoms with Gasteiger partial charge in [-0.05, 0) is 176 Å². The number of nitrogens with zero attached hydrogens (tertiary/aromatic N) is 2. The Kier molecular flexibility index (Phi) is 9.98. The van der Waals surface area contributed by atoms with E-state index >= 15 is 0 Å². The van der Waals surface area contributed by atoms with Gasteiger partial charge in [-0.25, -0.2) is 0 Å². The van der Waals surface area contributed by atoms with E-state index in [1.807, 2.05) is 11.3 Å². The molecule has 2 aliphatic heterocycles. The van der Waals surface area contributed by atoms with Crippen LogP contribution in [0.3, 0.4) is 0 Å². The van der Waals surface area contributed by atoms with Crippen molar-refractivity contribution in [2.24, 2.45) is 10.8 Å². The third kappa shape index (κ3) is 6.99. The highest BCUT2D eigenvalue weighted by Gasteiger charge is 2.49. The molecule has 3 aliphatic carbocycles. The number of aryl methyl sites for hydroxylation is 2. The lowest BCUT2D eigenvalue weighted by Crippen LogP contribution is -2.62. The maximum atomic E-state index is 2.85. The summed E-state index contributed by atoms with van der Waals surface area (Å²) in [6.07, 6.45) is 11.0. The predicted octanol–water partition coefficient (Wildman–Crippen LogP) is 16.4. The zero-order valence-corrected chi connectivity index (χ0v) is 45.0. The average Bonchev–Trinajstić information content (AvgIpc) is 3.64. The topological polar surface area (TPSA) is 6.48 Å². The fourth-order valence-electron chi connectivity index (χ4n) is 13.1. The molecule has 1 atom stereocenters. The lowest BCUT2D eigenvalue weighted by Gasteiger charge is -2.49. The summed E-state index contributed by atoms with van der Waals surface area (Å²) in [6, 6.07) is 34.7. The summed E-state index contributed by atoms with van der Waals surface area (Å²) in [5.41, 5.74) is 24.5. The molecular formula is C64H75BN2S. The number of allylic oxidation sites excluding steroid dienone is 2. The molecule has 0 saturated carbocycles. The van der Waals surface area contributed by atoms with E-state index in [2.05, 4.69) is 218 Å². The molecule has 3 heterocycles. The van der Waals surface area contributed by atoms with E-state index in [1.165, 1.54) is 124 Å². The zero-order chi connectivity index (χ0) is 48.4. The zero-order valence-electron chi connectivity index (χ0n) is 44.2. The highest BCUT2D eigenvalue weighted by Crippen LogP contribution is 2.56. The van der Waals surface area contributed by atoms with E-state index in [0.717, 1.165) is 6.42 Å². The maximum absolute atomic E-state index is 2.85. The summed E-state index contributed by atoms with van der Waals surface area (Å²) >= 11 is 2.04. The molecule has 0 amide bonds. The highest BCUT2D eigenvalue weighted by molar-refractivity contribution is 7.33. The summed E-state index contributed by atoms with van der Waals surface area (Å²) in [6.45, 7) is 38.7. The number of fused-ring (bicyclic) bond motifs is 7. The predicted molar refractivity (Wildman–Crippen MR) is 299 cm³/mol. The molecule has 68 heavy (non-hydrogen) atoms. The minimum absolute atomic E-state index is 0.00633. The standard InChI is InChI=1S/C64H75BN2S/c1-38-31-53-56-54(32-38)67(52-37-49-47(33-39(52)2)62(11,12)29-30-64(49,15)16)51-25-22-43(60(6,7)8)35-50(51)65(56)58-57(66(53)44-23-24-46-48(36-44)63(13,14)28-27-61(46,9)10)45-34-41(19-26-55(45)68-58)40-17-20-42(21-18-40)59(3,4)5/h17-26,31-35,37,44H,27-30,36H2,1-16H3. The first-order chi connectivity index (χ1) is 31.7. The van der Waals surface area contributed by atoms with Gasteiger partial charge in [-0.1, -0.05) is 163 Å². The lowest BCUT2D eigenvalue weighted by atomic mass is 9.36. The Morgan fingerprint density at radius 1 is 0.588 bits per heavy atom. The number of rotatable bonds is 3. The van der Waals surface area contributed by atoms with Crippen LogP contribution in [0.5, 0.6) is 0 Å². The smallest absolute Gasteiger partial charge is 0.264 e. The van der Waals surface area contributed by atoms with Crippen LogP contribution in [-0.2, 0) is 21.7 Å². The molecule has 0 radical (unpaired) electrons. The Morgan fingerprint density at radius 3 is 1.87 bits per heavy atom. The van der Waals surface area contributed by atoms with Crippen LogP contribution in [0.4, 0.5) is 28.4 Å². The van der Waals surface area contributed by atoms with Gasteiger partial charge in [-0.2, -0.15) is 0 Å². The van der Waals surface area contributed by atoms with Gasteiger partial charge in [0.25, 0.3) is 6.71 Å². The third-order valence-electron chi connectivity index (χ3n) is 17.7. The second-order valence-corrected chi connectivity index (χ2v) is 27.6. The lowest BCUT2D eigenvalue weighted by molar-refractivity contribution is 0.256. The van der Waals surface area contributed by atoms with Crippen LogP contribution < -0.4 is 25.5 Å². The fraction of sp³-hybridized carbons (Fsp3) is 0.438. The Balaban J connectivity index is 1.20. The molecule has 0 fully saturated rings. The molecule has 0 N–H and O–H groups in total. The van der Waals surface area contributed by atoms with Gasteiger partial charge >= 0.3 is 0 Å². The summed E-state index contributed by atoms with van der Waals surface area (Å²) < 4.78 is 2.84. The van der Waals surface area contributed by atoms with Crippen molar-refractivity contribution in [1.29, 1.82) is 0 Å². The Morgan fingerprint density at radius 2 is 1.19 bits per heavy atom. The summed E-state index contributed by atoms with van der Waals surface area (Å²) in [5.74, 6) is 0. The third-order valence-corrected chi connectivity index (χ3v) is 18.9. The van der Waals surface area contributed by atoms with E-state index in [0.29, 0.717) is 0 Å². The largest absolute Gasteiger partial charge is 0.334 e. The first-order valence-corrected chi connectivity index (χ1v) is 26.7.